The van der Waals surface area contributed by atoms with Gasteiger partial charge in [0, 0.05) is 6.54 Å². The van der Waals surface area contributed by atoms with Gasteiger partial charge >= 0.3 is 0 Å². The van der Waals surface area contributed by atoms with Gasteiger partial charge in [-0.15, -0.1) is 0 Å². The lowest BCUT2D eigenvalue weighted by atomic mass is 9.98. The zero-order valence-corrected chi connectivity index (χ0v) is 7.19. The van der Waals surface area contributed by atoms with Crippen molar-refractivity contribution in [3.63, 3.8) is 0 Å². The highest BCUT2D eigenvalue weighted by Crippen LogP contribution is 2.40. The van der Waals surface area contributed by atoms with Gasteiger partial charge in [0.15, 0.2) is 0 Å². The molecule has 2 rings (SSSR count). The molecule has 1 atom stereocenters. The van der Waals surface area contributed by atoms with Crippen LogP contribution in [0.25, 0.3) is 0 Å². The van der Waals surface area contributed by atoms with Crippen LogP contribution in [-0.4, -0.2) is 6.54 Å². The Morgan fingerprint density at radius 1 is 1.46 bits per heavy atom. The number of hydrogen-bond donors (Lipinski definition) is 1. The van der Waals surface area contributed by atoms with Crippen molar-refractivity contribution < 1.29 is 8.78 Å². The molecule has 2 N–H and O–H groups in total. The third kappa shape index (κ3) is 1.15. The fourth-order valence-corrected chi connectivity index (χ4v) is 1.90. The van der Waals surface area contributed by atoms with Gasteiger partial charge in [-0.25, -0.2) is 8.78 Å². The molecule has 0 saturated heterocycles. The van der Waals surface area contributed by atoms with Crippen LogP contribution in [0.4, 0.5) is 8.78 Å². The minimum Gasteiger partial charge on any atom is -0.327 e. The number of fused-ring (bicyclic) bond motifs is 1. The van der Waals surface area contributed by atoms with Gasteiger partial charge in [-0.1, -0.05) is 12.1 Å². The third-order valence-corrected chi connectivity index (χ3v) is 2.70. The Labute approximate surface area is 75.6 Å². The Hall–Kier alpha value is -0.960. The van der Waals surface area contributed by atoms with E-state index in [1.54, 1.807) is 6.07 Å². The molecule has 0 heterocycles. The van der Waals surface area contributed by atoms with E-state index in [2.05, 4.69) is 0 Å². The second kappa shape index (κ2) is 2.77. The van der Waals surface area contributed by atoms with Crippen LogP contribution in [-0.2, 0) is 12.1 Å². The first-order valence-electron chi connectivity index (χ1n) is 4.34. The number of rotatable bonds is 1. The van der Waals surface area contributed by atoms with E-state index >= 15 is 0 Å². The van der Waals surface area contributed by atoms with Crippen molar-refractivity contribution in [2.45, 2.75) is 18.5 Å². The topological polar surface area (TPSA) is 26.0 Å². The van der Waals surface area contributed by atoms with Gasteiger partial charge in [-0.2, -0.15) is 0 Å². The van der Waals surface area contributed by atoms with Crippen LogP contribution in [0.1, 0.15) is 17.5 Å². The average molecular weight is 183 g/mol. The van der Waals surface area contributed by atoms with Crippen LogP contribution in [0.3, 0.4) is 0 Å². The highest BCUT2D eigenvalue weighted by Gasteiger charge is 2.38. The van der Waals surface area contributed by atoms with Gasteiger partial charge < -0.3 is 5.73 Å². The van der Waals surface area contributed by atoms with Crippen LogP contribution in [0.5, 0.6) is 0 Å². The summed E-state index contributed by atoms with van der Waals surface area (Å²) in [5.74, 6) is -0.314. The fraction of sp³-hybridized carbons (Fsp3) is 0.400. The molecule has 0 aromatic heterocycles. The molecule has 0 radical (unpaired) electrons. The maximum atomic E-state index is 13.9. The standard InChI is InChI=1S/C10H11F2N/c11-9-3-1-2-8-7(9)4-5-10(8,12)6-13/h1-3H,4-6,13H2. The minimum absolute atomic E-state index is 0.0660. The van der Waals surface area contributed by atoms with Crippen LogP contribution in [0.2, 0.25) is 0 Å². The normalized spacial score (nSPS) is 26.1. The molecule has 13 heavy (non-hydrogen) atoms. The van der Waals surface area contributed by atoms with E-state index in [9.17, 15) is 8.78 Å². The molecule has 3 heteroatoms. The predicted molar refractivity (Wildman–Crippen MR) is 46.6 cm³/mol. The maximum Gasteiger partial charge on any atom is 0.148 e. The van der Waals surface area contributed by atoms with Gasteiger partial charge in [-0.3, -0.25) is 0 Å². The van der Waals surface area contributed by atoms with Crippen molar-refractivity contribution in [3.05, 3.63) is 35.1 Å². The van der Waals surface area contributed by atoms with Crippen molar-refractivity contribution >= 4 is 0 Å². The summed E-state index contributed by atoms with van der Waals surface area (Å²) in [6, 6.07) is 4.52. The van der Waals surface area contributed by atoms with E-state index in [1.165, 1.54) is 12.1 Å². The summed E-state index contributed by atoms with van der Waals surface area (Å²) in [6.45, 7) is -0.0660. The number of alkyl halides is 1. The zero-order chi connectivity index (χ0) is 9.47. The van der Waals surface area contributed by atoms with Crippen LogP contribution < -0.4 is 5.73 Å². The second-order valence-corrected chi connectivity index (χ2v) is 3.44. The van der Waals surface area contributed by atoms with Gasteiger partial charge in [0.2, 0.25) is 0 Å². The van der Waals surface area contributed by atoms with Crippen molar-refractivity contribution in [3.8, 4) is 0 Å². The molecule has 1 aromatic carbocycles. The summed E-state index contributed by atoms with van der Waals surface area (Å²) in [4.78, 5) is 0. The van der Waals surface area contributed by atoms with E-state index in [0.29, 0.717) is 24.0 Å². The number of hydrogen-bond acceptors (Lipinski definition) is 1. The van der Waals surface area contributed by atoms with E-state index in [1.807, 2.05) is 0 Å². The molecule has 0 saturated carbocycles. The van der Waals surface area contributed by atoms with Crippen molar-refractivity contribution in [2.24, 2.45) is 5.73 Å². The Morgan fingerprint density at radius 2 is 2.23 bits per heavy atom. The molecule has 1 aliphatic carbocycles. The smallest absolute Gasteiger partial charge is 0.148 e. The maximum absolute atomic E-state index is 13.9. The van der Waals surface area contributed by atoms with E-state index in [0.717, 1.165) is 0 Å². The molecular weight excluding hydrogens is 172 g/mol. The molecule has 0 spiro atoms. The summed E-state index contributed by atoms with van der Waals surface area (Å²) in [6.07, 6.45) is 0.759. The van der Waals surface area contributed by atoms with E-state index in [4.69, 9.17) is 5.73 Å². The summed E-state index contributed by atoms with van der Waals surface area (Å²) in [5, 5.41) is 0. The molecule has 0 amide bonds. The second-order valence-electron chi connectivity index (χ2n) is 3.44. The van der Waals surface area contributed by atoms with Crippen LogP contribution in [0.15, 0.2) is 18.2 Å². The van der Waals surface area contributed by atoms with Crippen molar-refractivity contribution in [1.82, 2.24) is 0 Å². The Kier molecular flexibility index (Phi) is 1.84. The van der Waals surface area contributed by atoms with Crippen molar-refractivity contribution in [2.75, 3.05) is 6.54 Å². The molecule has 70 valence electrons. The van der Waals surface area contributed by atoms with Gasteiger partial charge in [-0.05, 0) is 30.0 Å². The molecular formula is C10H11F2N. The minimum atomic E-state index is -1.50. The number of halogens is 2. The molecule has 0 bridgehead atoms. The van der Waals surface area contributed by atoms with Gasteiger partial charge in [0.05, 0.1) is 0 Å². The van der Waals surface area contributed by atoms with Gasteiger partial charge in [0.25, 0.3) is 0 Å². The monoisotopic (exact) mass is 183 g/mol. The highest BCUT2D eigenvalue weighted by molar-refractivity contribution is 5.38. The molecule has 1 aliphatic rings. The fourth-order valence-electron chi connectivity index (χ4n) is 1.90. The number of nitrogens with two attached hydrogens (primary N) is 1. The zero-order valence-electron chi connectivity index (χ0n) is 7.19. The molecule has 1 unspecified atom stereocenters. The van der Waals surface area contributed by atoms with E-state index < -0.39 is 5.67 Å². The van der Waals surface area contributed by atoms with Crippen molar-refractivity contribution in [1.29, 1.82) is 0 Å². The predicted octanol–water partition coefficient (Wildman–Crippen LogP) is 1.90. The van der Waals surface area contributed by atoms with Crippen LogP contribution >= 0.6 is 0 Å². The summed E-state index contributed by atoms with van der Waals surface area (Å²) in [5.41, 5.74) is 4.77. The Morgan fingerprint density at radius 3 is 2.92 bits per heavy atom. The third-order valence-electron chi connectivity index (χ3n) is 2.70. The summed E-state index contributed by atoms with van der Waals surface area (Å²) >= 11 is 0. The van der Waals surface area contributed by atoms with Crippen LogP contribution in [0, 0.1) is 5.82 Å². The summed E-state index contributed by atoms with van der Waals surface area (Å²) < 4.78 is 27.1. The highest BCUT2D eigenvalue weighted by atomic mass is 19.1. The lowest BCUT2D eigenvalue weighted by Crippen LogP contribution is -2.27. The largest absolute Gasteiger partial charge is 0.327 e. The van der Waals surface area contributed by atoms with Gasteiger partial charge in [0.1, 0.15) is 11.5 Å². The summed E-state index contributed by atoms with van der Waals surface area (Å²) in [7, 11) is 0. The molecule has 1 aromatic rings. The molecule has 0 aliphatic heterocycles. The average Bonchev–Trinajstić information content (AvgIpc) is 2.47. The Balaban J connectivity index is 2.55. The quantitative estimate of drug-likeness (QED) is 0.707. The lowest BCUT2D eigenvalue weighted by molar-refractivity contribution is 0.177. The Bertz CT molecular complexity index is 338. The number of benzene rings is 1. The lowest BCUT2D eigenvalue weighted by Gasteiger charge is -2.17. The first kappa shape index (κ1) is 8.63. The molecule has 0 fully saturated rings. The molecule has 1 nitrogen and oxygen atoms in total. The first-order valence-corrected chi connectivity index (χ1v) is 4.34. The first-order chi connectivity index (χ1) is 6.17. The SMILES string of the molecule is NCC1(F)CCc2c(F)cccc21. The van der Waals surface area contributed by atoms with E-state index in [-0.39, 0.29) is 12.4 Å².